The molecule has 22 aromatic rings. The van der Waals surface area contributed by atoms with Gasteiger partial charge in [0, 0.05) is 78.8 Å². The van der Waals surface area contributed by atoms with Gasteiger partial charge in [0.1, 0.15) is 22.4 Å². The first-order chi connectivity index (χ1) is 50.6. The number of hydrogen-bond acceptors (Lipinski definition) is 9. The second kappa shape index (κ2) is 23.9. The van der Waals surface area contributed by atoms with Crippen molar-refractivity contribution in [3.63, 3.8) is 0 Å². The molecule has 12 nitrogen and oxygen atoms in total. The van der Waals surface area contributed by atoms with Crippen molar-refractivity contribution in [3.8, 4) is 62.7 Å². The number of pyridine rings is 3. The zero-order valence-corrected chi connectivity index (χ0v) is 54.5. The van der Waals surface area contributed by atoms with Gasteiger partial charge in [-0.05, 0) is 150 Å². The summed E-state index contributed by atoms with van der Waals surface area (Å²) in [6.45, 7) is 0. The summed E-state index contributed by atoms with van der Waals surface area (Å²) in [4.78, 5) is 28.4. The van der Waals surface area contributed by atoms with E-state index in [0.717, 1.165) is 176 Å². The first-order valence-electron chi connectivity index (χ1n) is 33.9. The lowest BCUT2D eigenvalue weighted by atomic mass is 10.0. The van der Waals surface area contributed by atoms with Gasteiger partial charge in [-0.1, -0.05) is 176 Å². The van der Waals surface area contributed by atoms with E-state index in [-0.39, 0.29) is 0 Å². The molecule has 0 atom stereocenters. The van der Waals surface area contributed by atoms with E-state index in [1.54, 1.807) is 0 Å². The summed E-state index contributed by atoms with van der Waals surface area (Å²) in [5.41, 5.74) is 21.0. The molecule has 9 aromatic heterocycles. The van der Waals surface area contributed by atoms with Crippen LogP contribution in [-0.4, -0.2) is 43.6 Å². The maximum atomic E-state index is 6.41. The normalized spacial score (nSPS) is 11.7. The topological polar surface area (TPSA) is 132 Å². The molecule has 0 unspecified atom stereocenters. The molecule has 12 heteroatoms. The van der Waals surface area contributed by atoms with Crippen LogP contribution >= 0.6 is 0 Å². The Hall–Kier alpha value is -14.1. The number of benzene rings is 13. The monoisotopic (exact) mass is 1310 g/mol. The van der Waals surface area contributed by atoms with E-state index in [2.05, 4.69) is 212 Å². The molecule has 0 N–H and O–H groups in total. The lowest BCUT2D eigenvalue weighted by molar-refractivity contribution is 0.622. The van der Waals surface area contributed by atoms with Crippen molar-refractivity contribution >= 4 is 131 Å². The van der Waals surface area contributed by atoms with Gasteiger partial charge in [0.05, 0.1) is 66.0 Å². The molecule has 9 heterocycles. The van der Waals surface area contributed by atoms with Crippen LogP contribution in [0, 0.1) is 0 Å². The Morgan fingerprint density at radius 2 is 0.706 bits per heavy atom. The van der Waals surface area contributed by atoms with Gasteiger partial charge < -0.3 is 22.4 Å². The number of hydrogen-bond donors (Lipinski definition) is 0. The fourth-order valence-electron chi connectivity index (χ4n) is 14.8. The van der Waals surface area contributed by atoms with E-state index in [0.29, 0.717) is 17.7 Å². The van der Waals surface area contributed by atoms with E-state index < -0.39 is 0 Å². The van der Waals surface area contributed by atoms with Crippen molar-refractivity contribution in [2.45, 2.75) is 0 Å². The Morgan fingerprint density at radius 1 is 0.265 bits per heavy atom. The molecule has 0 spiro atoms. The van der Waals surface area contributed by atoms with Crippen LogP contribution in [0.15, 0.2) is 347 Å². The number of rotatable bonds is 7. The van der Waals surface area contributed by atoms with Gasteiger partial charge in [-0.25, -0.2) is 19.9 Å². The minimum Gasteiger partial charge on any atom is -0.435 e. The SMILES string of the molecule is c1ccc(-c2nc3ccc4c(c5ccccc5n4-c4cc5ccccc5cn4)c3o2)cc1.c1ccc(-c2nc3ccc4c(c5ccccc5n4-c4ccc(-c5cccc6cccnc56)cc4)c3o2)cc1.c1ccc(-c2nc3ccc4c(c5ccccc5n4-c4cccc5ncccc45)c3o2)cc1. The molecule has 0 saturated carbocycles. The number of para-hydroxylation sites is 4. The average Bonchev–Trinajstić information content (AvgIpc) is 1.58. The van der Waals surface area contributed by atoms with Crippen molar-refractivity contribution in [1.29, 1.82) is 0 Å². The molecule has 22 rings (SSSR count). The predicted octanol–water partition coefficient (Wildman–Crippen LogP) is 23.1. The van der Waals surface area contributed by atoms with Crippen LogP contribution in [0.2, 0.25) is 0 Å². The van der Waals surface area contributed by atoms with Crippen LogP contribution in [0.5, 0.6) is 0 Å². The quantitative estimate of drug-likeness (QED) is 0.153. The van der Waals surface area contributed by atoms with Gasteiger partial charge in [-0.15, -0.1) is 0 Å². The van der Waals surface area contributed by atoms with Crippen molar-refractivity contribution < 1.29 is 13.3 Å². The van der Waals surface area contributed by atoms with Crippen molar-refractivity contribution in [2.75, 3.05) is 0 Å². The number of nitrogens with zero attached hydrogens (tertiary/aromatic N) is 9. The van der Waals surface area contributed by atoms with Gasteiger partial charge in [0.2, 0.25) is 17.7 Å². The van der Waals surface area contributed by atoms with Crippen molar-refractivity contribution in [3.05, 3.63) is 334 Å². The van der Waals surface area contributed by atoms with Gasteiger partial charge >= 0.3 is 0 Å². The summed E-state index contributed by atoms with van der Waals surface area (Å²) in [5.74, 6) is 2.79. The second-order valence-electron chi connectivity index (χ2n) is 25.3. The molecule has 102 heavy (non-hydrogen) atoms. The third kappa shape index (κ3) is 9.60. The zero-order valence-electron chi connectivity index (χ0n) is 54.5. The molecule has 478 valence electrons. The van der Waals surface area contributed by atoms with Crippen LogP contribution in [0.3, 0.4) is 0 Å². The number of oxazole rings is 3. The summed E-state index contributed by atoms with van der Waals surface area (Å²) < 4.78 is 26.0. The van der Waals surface area contributed by atoms with Gasteiger partial charge in [-0.3, -0.25) is 14.5 Å². The second-order valence-corrected chi connectivity index (χ2v) is 25.3. The first kappa shape index (κ1) is 58.1. The third-order valence-electron chi connectivity index (χ3n) is 19.4. The first-order valence-corrected chi connectivity index (χ1v) is 33.9. The number of aromatic nitrogens is 9. The molecular formula is C90H55N9O3. The molecule has 0 fully saturated rings. The van der Waals surface area contributed by atoms with Crippen molar-refractivity contribution in [2.24, 2.45) is 0 Å². The Bertz CT molecular complexity index is 6990. The summed E-state index contributed by atoms with van der Waals surface area (Å²) in [6.07, 6.45) is 5.62. The average molecular weight is 1310 g/mol. The Balaban J connectivity index is 0.000000103. The maximum Gasteiger partial charge on any atom is 0.227 e. The summed E-state index contributed by atoms with van der Waals surface area (Å²) >= 11 is 0. The fraction of sp³-hybridized carbons (Fsp3) is 0. The Labute approximate surface area is 581 Å². The largest absolute Gasteiger partial charge is 0.435 e. The van der Waals surface area contributed by atoms with Gasteiger partial charge in [0.25, 0.3) is 0 Å². The maximum absolute atomic E-state index is 6.41. The van der Waals surface area contributed by atoms with Gasteiger partial charge in [-0.2, -0.15) is 0 Å². The molecule has 13 aromatic carbocycles. The van der Waals surface area contributed by atoms with Crippen LogP contribution in [-0.2, 0) is 0 Å². The predicted molar refractivity (Wildman–Crippen MR) is 413 cm³/mol. The molecule has 0 aliphatic carbocycles. The molecule has 0 amide bonds. The lowest BCUT2D eigenvalue weighted by Crippen LogP contribution is -1.97. The Kier molecular flexibility index (Phi) is 13.6. The molecule has 0 saturated heterocycles. The van der Waals surface area contributed by atoms with E-state index in [9.17, 15) is 0 Å². The molecule has 0 radical (unpaired) electrons. The summed E-state index contributed by atoms with van der Waals surface area (Å²) in [5, 5.41) is 11.2. The Morgan fingerprint density at radius 3 is 1.28 bits per heavy atom. The molecule has 0 aliphatic heterocycles. The molecule has 0 bridgehead atoms. The van der Waals surface area contributed by atoms with E-state index >= 15 is 0 Å². The lowest BCUT2D eigenvalue weighted by Gasteiger charge is -2.10. The highest BCUT2D eigenvalue weighted by Gasteiger charge is 2.24. The highest BCUT2D eigenvalue weighted by molar-refractivity contribution is 6.22. The summed E-state index contributed by atoms with van der Waals surface area (Å²) in [6, 6.07) is 108. The summed E-state index contributed by atoms with van der Waals surface area (Å²) in [7, 11) is 0. The zero-order chi connectivity index (χ0) is 67.2. The standard InChI is InChI=1S/C34H21N3O.2C28H17N3O/c1-2-8-24(9-3-1)34-36-28-19-20-30-31(33(28)38-34)27-12-4-5-14-29(27)37(30)25-17-15-22(16-18-25)26-13-6-10-23-11-7-21-35-32(23)26;1-2-8-18(9-3-1)28-30-22-15-16-25-26(27(22)32-28)20-10-4-5-13-24(20)31(25)23-14-6-12-21-19(23)11-7-17-29-21;1-2-8-18(9-3-1)28-30-22-14-15-24-26(27(22)32-28)21-12-6-7-13-23(21)31(24)25-16-19-10-4-5-11-20(19)17-29-25/h1-21H;2*1-17H. The third-order valence-corrected chi connectivity index (χ3v) is 19.4. The van der Waals surface area contributed by atoms with E-state index in [4.69, 9.17) is 33.2 Å². The smallest absolute Gasteiger partial charge is 0.227 e. The molecule has 0 aliphatic rings. The van der Waals surface area contributed by atoms with Crippen LogP contribution < -0.4 is 0 Å². The molecular weight excluding hydrogens is 1260 g/mol. The highest BCUT2D eigenvalue weighted by atomic mass is 16.4. The van der Waals surface area contributed by atoms with E-state index in [1.165, 1.54) is 0 Å². The number of fused-ring (bicyclic) bond motifs is 18. The van der Waals surface area contributed by atoms with Gasteiger partial charge in [0.15, 0.2) is 16.7 Å². The minimum atomic E-state index is 0.633. The minimum absolute atomic E-state index is 0.633. The fourth-order valence-corrected chi connectivity index (χ4v) is 14.8. The van der Waals surface area contributed by atoms with E-state index in [1.807, 2.05) is 146 Å². The van der Waals surface area contributed by atoms with Crippen LogP contribution in [0.1, 0.15) is 0 Å². The van der Waals surface area contributed by atoms with Crippen LogP contribution in [0.25, 0.3) is 194 Å². The van der Waals surface area contributed by atoms with Crippen LogP contribution in [0.4, 0.5) is 0 Å². The highest BCUT2D eigenvalue weighted by Crippen LogP contribution is 2.43. The van der Waals surface area contributed by atoms with Crippen molar-refractivity contribution in [1.82, 2.24) is 43.6 Å².